The molecule has 0 aromatic heterocycles. The third kappa shape index (κ3) is 6.43. The van der Waals surface area contributed by atoms with E-state index in [0.717, 1.165) is 11.3 Å². The number of benzene rings is 2. The summed E-state index contributed by atoms with van der Waals surface area (Å²) in [5, 5.41) is 2.85. The monoisotopic (exact) mass is 446 g/mol. The molecule has 1 amide bonds. The summed E-state index contributed by atoms with van der Waals surface area (Å²) in [5.74, 6) is 0.612. The quantitative estimate of drug-likeness (QED) is 0.383. The molecule has 2 aromatic rings. The summed E-state index contributed by atoms with van der Waals surface area (Å²) < 4.78 is 31.9. The lowest BCUT2D eigenvalue weighted by Gasteiger charge is -2.26. The largest absolute Gasteiger partial charge is 0.379 e. The van der Waals surface area contributed by atoms with Crippen LogP contribution in [-0.4, -0.2) is 57.2 Å². The Hall–Kier alpha value is -2.13. The highest BCUT2D eigenvalue weighted by molar-refractivity contribution is 7.99. The number of hydrogen-bond acceptors (Lipinski definition) is 5. The van der Waals surface area contributed by atoms with Gasteiger partial charge in [-0.05, 0) is 42.8 Å². The molecule has 160 valence electrons. The lowest BCUT2D eigenvalue weighted by atomic mass is 10.2. The minimum Gasteiger partial charge on any atom is -0.379 e. The first-order valence-electron chi connectivity index (χ1n) is 9.78. The van der Waals surface area contributed by atoms with Crippen molar-refractivity contribution in [2.24, 2.45) is 0 Å². The Morgan fingerprint density at radius 3 is 2.43 bits per heavy atom. The Morgan fingerprint density at radius 2 is 1.77 bits per heavy atom. The van der Waals surface area contributed by atoms with Gasteiger partial charge in [0, 0.05) is 36.4 Å². The summed E-state index contributed by atoms with van der Waals surface area (Å²) in [7, 11) is -3.50. The molecule has 1 fully saturated rings. The minimum absolute atomic E-state index is 0.176. The summed E-state index contributed by atoms with van der Waals surface area (Å²) in [5.41, 5.74) is 1.99. The van der Waals surface area contributed by atoms with Crippen LogP contribution in [0.1, 0.15) is 11.1 Å². The molecular weight excluding hydrogens is 420 g/mol. The third-order valence-corrected chi connectivity index (χ3v) is 7.53. The molecule has 0 spiro atoms. The van der Waals surface area contributed by atoms with Crippen molar-refractivity contribution in [2.45, 2.75) is 16.7 Å². The van der Waals surface area contributed by atoms with Crippen LogP contribution >= 0.6 is 11.8 Å². The molecule has 0 aliphatic carbocycles. The van der Waals surface area contributed by atoms with E-state index in [1.54, 1.807) is 42.1 Å². The van der Waals surface area contributed by atoms with Gasteiger partial charge in [-0.25, -0.2) is 8.42 Å². The molecule has 1 heterocycles. The zero-order valence-corrected chi connectivity index (χ0v) is 18.5. The molecule has 30 heavy (non-hydrogen) atoms. The summed E-state index contributed by atoms with van der Waals surface area (Å²) in [4.78, 5) is 13.4. The van der Waals surface area contributed by atoms with E-state index < -0.39 is 10.0 Å². The average molecular weight is 447 g/mol. The molecule has 1 aliphatic rings. The van der Waals surface area contributed by atoms with Gasteiger partial charge < -0.3 is 10.1 Å². The van der Waals surface area contributed by atoms with Crippen LogP contribution in [0.15, 0.2) is 64.4 Å². The van der Waals surface area contributed by atoms with Crippen LogP contribution in [0.4, 0.5) is 0 Å². The molecule has 0 saturated carbocycles. The number of aryl methyl sites for hydroxylation is 1. The van der Waals surface area contributed by atoms with Crippen molar-refractivity contribution in [3.8, 4) is 0 Å². The van der Waals surface area contributed by atoms with Gasteiger partial charge in [0.1, 0.15) is 0 Å². The van der Waals surface area contributed by atoms with Crippen LogP contribution in [0.5, 0.6) is 0 Å². The van der Waals surface area contributed by atoms with Crippen molar-refractivity contribution < 1.29 is 17.9 Å². The molecule has 0 radical (unpaired) electrons. The smallest absolute Gasteiger partial charge is 0.244 e. The van der Waals surface area contributed by atoms with Crippen LogP contribution in [-0.2, 0) is 19.6 Å². The summed E-state index contributed by atoms with van der Waals surface area (Å²) in [6.07, 6.45) is 3.13. The standard InChI is InChI=1S/C22H26N2O4S2/c1-18-2-7-20(8-3-18)29-17-12-23-22(25)11-6-19-4-9-21(10-5-19)30(26,27)24-13-15-28-16-14-24/h2-11H,12-17H2,1H3,(H,23,25)/b11-6+. The first kappa shape index (κ1) is 22.6. The number of carbonyl (C=O) groups is 1. The van der Waals surface area contributed by atoms with E-state index >= 15 is 0 Å². The summed E-state index contributed by atoms with van der Waals surface area (Å²) >= 11 is 1.69. The van der Waals surface area contributed by atoms with Gasteiger partial charge in [0.25, 0.3) is 0 Å². The zero-order chi connectivity index (χ0) is 21.4. The van der Waals surface area contributed by atoms with Gasteiger partial charge in [-0.2, -0.15) is 4.31 Å². The fourth-order valence-corrected chi connectivity index (χ4v) is 5.07. The highest BCUT2D eigenvalue weighted by Crippen LogP contribution is 2.19. The van der Waals surface area contributed by atoms with Crippen LogP contribution in [0, 0.1) is 6.92 Å². The van der Waals surface area contributed by atoms with Crippen molar-refractivity contribution in [1.82, 2.24) is 9.62 Å². The fourth-order valence-electron chi connectivity index (χ4n) is 2.90. The Bertz CT molecular complexity index is 965. The average Bonchev–Trinajstić information content (AvgIpc) is 2.77. The number of nitrogens with one attached hydrogen (secondary N) is 1. The summed E-state index contributed by atoms with van der Waals surface area (Å²) in [6, 6.07) is 14.8. The zero-order valence-electron chi connectivity index (χ0n) is 16.9. The van der Waals surface area contributed by atoms with E-state index in [9.17, 15) is 13.2 Å². The molecule has 0 atom stereocenters. The maximum absolute atomic E-state index is 12.6. The third-order valence-electron chi connectivity index (χ3n) is 4.61. The summed E-state index contributed by atoms with van der Waals surface area (Å²) in [6.45, 7) is 4.19. The minimum atomic E-state index is -3.50. The SMILES string of the molecule is Cc1ccc(SCCNC(=O)/C=C/c2ccc(S(=O)(=O)N3CCOCC3)cc2)cc1. The van der Waals surface area contributed by atoms with Crippen molar-refractivity contribution in [3.05, 3.63) is 65.7 Å². The maximum atomic E-state index is 12.6. The van der Waals surface area contributed by atoms with Crippen LogP contribution in [0.25, 0.3) is 6.08 Å². The number of rotatable bonds is 8. The van der Waals surface area contributed by atoms with Gasteiger partial charge in [0.05, 0.1) is 18.1 Å². The number of hydrogen-bond donors (Lipinski definition) is 1. The van der Waals surface area contributed by atoms with E-state index in [1.807, 2.05) is 0 Å². The van der Waals surface area contributed by atoms with E-state index in [1.165, 1.54) is 20.8 Å². The van der Waals surface area contributed by atoms with Crippen LogP contribution in [0.3, 0.4) is 0 Å². The van der Waals surface area contributed by atoms with Gasteiger partial charge in [-0.1, -0.05) is 29.8 Å². The van der Waals surface area contributed by atoms with Crippen molar-refractivity contribution >= 4 is 33.8 Å². The normalized spacial score (nSPS) is 15.4. The van der Waals surface area contributed by atoms with Gasteiger partial charge >= 0.3 is 0 Å². The first-order chi connectivity index (χ1) is 14.4. The fraction of sp³-hybridized carbons (Fsp3) is 0.318. The molecule has 8 heteroatoms. The van der Waals surface area contributed by atoms with Crippen molar-refractivity contribution in [2.75, 3.05) is 38.6 Å². The second kappa shape index (κ2) is 10.8. The van der Waals surface area contributed by atoms with Gasteiger partial charge in [-0.3, -0.25) is 4.79 Å². The predicted molar refractivity (Wildman–Crippen MR) is 120 cm³/mol. The van der Waals surface area contributed by atoms with E-state index in [-0.39, 0.29) is 10.8 Å². The maximum Gasteiger partial charge on any atom is 0.244 e. The second-order valence-electron chi connectivity index (χ2n) is 6.87. The highest BCUT2D eigenvalue weighted by Gasteiger charge is 2.25. The van der Waals surface area contributed by atoms with Crippen molar-refractivity contribution in [3.63, 3.8) is 0 Å². The Kier molecular flexibility index (Phi) is 8.09. The van der Waals surface area contributed by atoms with Gasteiger partial charge in [0.15, 0.2) is 0 Å². The Labute approximate surface area is 182 Å². The van der Waals surface area contributed by atoms with Crippen LogP contribution < -0.4 is 5.32 Å². The van der Waals surface area contributed by atoms with Gasteiger partial charge in [-0.15, -0.1) is 11.8 Å². The number of morpholine rings is 1. The predicted octanol–water partition coefficient (Wildman–Crippen LogP) is 2.94. The highest BCUT2D eigenvalue weighted by atomic mass is 32.2. The lowest BCUT2D eigenvalue weighted by Crippen LogP contribution is -2.40. The van der Waals surface area contributed by atoms with Crippen LogP contribution in [0.2, 0.25) is 0 Å². The molecule has 1 aliphatic heterocycles. The number of carbonyl (C=O) groups excluding carboxylic acids is 1. The molecule has 1 saturated heterocycles. The molecule has 0 bridgehead atoms. The number of amides is 1. The molecule has 0 unspecified atom stereocenters. The van der Waals surface area contributed by atoms with E-state index in [4.69, 9.17) is 4.74 Å². The second-order valence-corrected chi connectivity index (χ2v) is 9.98. The van der Waals surface area contributed by atoms with E-state index in [0.29, 0.717) is 32.8 Å². The molecule has 2 aromatic carbocycles. The molecular formula is C22H26N2O4S2. The number of thioether (sulfide) groups is 1. The molecule has 1 N–H and O–H groups in total. The molecule has 3 rings (SSSR count). The molecule has 6 nitrogen and oxygen atoms in total. The number of ether oxygens (including phenoxy) is 1. The topological polar surface area (TPSA) is 75.7 Å². The number of nitrogens with zero attached hydrogens (tertiary/aromatic N) is 1. The lowest BCUT2D eigenvalue weighted by molar-refractivity contribution is -0.116. The van der Waals surface area contributed by atoms with Crippen molar-refractivity contribution in [1.29, 1.82) is 0 Å². The van der Waals surface area contributed by atoms with E-state index in [2.05, 4.69) is 36.5 Å². The van der Waals surface area contributed by atoms with Gasteiger partial charge in [0.2, 0.25) is 15.9 Å². The first-order valence-corrected chi connectivity index (χ1v) is 12.2. The Morgan fingerprint density at radius 1 is 1.10 bits per heavy atom. The number of sulfonamides is 1. The Balaban J connectivity index is 1.46.